The van der Waals surface area contributed by atoms with Crippen LogP contribution in [0.15, 0.2) is 42.5 Å². The Morgan fingerprint density at radius 3 is 2.65 bits per heavy atom. The van der Waals surface area contributed by atoms with Crippen LogP contribution in [-0.4, -0.2) is 0 Å². The summed E-state index contributed by atoms with van der Waals surface area (Å²) >= 11 is 0. The fourth-order valence-corrected chi connectivity index (χ4v) is 3.06. The fraction of sp³-hybridized carbons (Fsp3) is 0.333. The van der Waals surface area contributed by atoms with Crippen molar-refractivity contribution in [1.29, 1.82) is 0 Å². The van der Waals surface area contributed by atoms with E-state index in [1.165, 1.54) is 22.3 Å². The number of hydrogen-bond donors (Lipinski definition) is 2. The maximum Gasteiger partial charge on any atom is 0.0331 e. The minimum Gasteiger partial charge on any atom is -0.399 e. The zero-order chi connectivity index (χ0) is 14.1. The van der Waals surface area contributed by atoms with E-state index in [2.05, 4.69) is 55.6 Å². The molecule has 2 aromatic carbocycles. The maximum atomic E-state index is 5.86. The molecule has 0 radical (unpaired) electrons. The van der Waals surface area contributed by atoms with Crippen molar-refractivity contribution in [1.82, 2.24) is 5.32 Å². The molecule has 2 nitrogen and oxygen atoms in total. The van der Waals surface area contributed by atoms with Crippen LogP contribution in [0.2, 0.25) is 0 Å². The molecule has 104 valence electrons. The summed E-state index contributed by atoms with van der Waals surface area (Å²) in [5, 5.41) is 3.75. The number of benzene rings is 2. The van der Waals surface area contributed by atoms with Crippen LogP contribution in [0.3, 0.4) is 0 Å². The average molecular weight is 266 g/mol. The Hall–Kier alpha value is -1.80. The Morgan fingerprint density at radius 2 is 1.90 bits per heavy atom. The molecule has 2 atom stereocenters. The van der Waals surface area contributed by atoms with Gasteiger partial charge >= 0.3 is 0 Å². The second-order valence-corrected chi connectivity index (χ2v) is 5.85. The van der Waals surface area contributed by atoms with Gasteiger partial charge < -0.3 is 11.1 Å². The lowest BCUT2D eigenvalue weighted by atomic mass is 10.0. The predicted molar refractivity (Wildman–Crippen MR) is 84.6 cm³/mol. The molecule has 0 aliphatic heterocycles. The Bertz CT molecular complexity index is 601. The monoisotopic (exact) mass is 266 g/mol. The molecule has 0 fully saturated rings. The molecule has 1 unspecified atom stereocenters. The molecule has 0 bridgehead atoms. The van der Waals surface area contributed by atoms with Crippen LogP contribution in [-0.2, 0) is 6.42 Å². The van der Waals surface area contributed by atoms with E-state index >= 15 is 0 Å². The molecule has 1 aliphatic carbocycles. The largest absolute Gasteiger partial charge is 0.399 e. The highest BCUT2D eigenvalue weighted by Gasteiger charge is 2.23. The third-order valence-corrected chi connectivity index (χ3v) is 4.27. The minimum absolute atomic E-state index is 0.365. The van der Waals surface area contributed by atoms with Crippen molar-refractivity contribution in [3.05, 3.63) is 64.7 Å². The van der Waals surface area contributed by atoms with Gasteiger partial charge in [-0.3, -0.25) is 0 Å². The molecule has 20 heavy (non-hydrogen) atoms. The van der Waals surface area contributed by atoms with Crippen molar-refractivity contribution < 1.29 is 0 Å². The molecular formula is C18H22N2. The molecular weight excluding hydrogens is 244 g/mol. The van der Waals surface area contributed by atoms with E-state index in [9.17, 15) is 0 Å². The van der Waals surface area contributed by atoms with Crippen molar-refractivity contribution >= 4 is 5.69 Å². The summed E-state index contributed by atoms with van der Waals surface area (Å²) < 4.78 is 0. The molecule has 0 heterocycles. The molecule has 0 amide bonds. The van der Waals surface area contributed by atoms with E-state index < -0.39 is 0 Å². The van der Waals surface area contributed by atoms with Gasteiger partial charge in [0.05, 0.1) is 0 Å². The summed E-state index contributed by atoms with van der Waals surface area (Å²) in [6, 6.07) is 15.9. The third kappa shape index (κ3) is 2.56. The molecule has 3 N–H and O–H groups in total. The number of anilines is 1. The van der Waals surface area contributed by atoms with Crippen LogP contribution in [0.4, 0.5) is 5.69 Å². The molecule has 3 rings (SSSR count). The smallest absolute Gasteiger partial charge is 0.0331 e. The molecule has 2 aromatic rings. The number of aryl methyl sites for hydroxylation is 2. The minimum atomic E-state index is 0.365. The SMILES string of the molecule is Cc1ccc([C@@H](C)NC2CCc3cc(N)ccc32)cc1. The summed E-state index contributed by atoms with van der Waals surface area (Å²) in [5.74, 6) is 0. The third-order valence-electron chi connectivity index (χ3n) is 4.27. The second-order valence-electron chi connectivity index (χ2n) is 5.85. The Morgan fingerprint density at radius 1 is 1.15 bits per heavy atom. The number of nitrogen functional groups attached to an aromatic ring is 1. The van der Waals surface area contributed by atoms with Gasteiger partial charge in [-0.2, -0.15) is 0 Å². The highest BCUT2D eigenvalue weighted by atomic mass is 14.9. The number of nitrogens with two attached hydrogens (primary N) is 1. The van der Waals surface area contributed by atoms with Crippen LogP contribution in [0.1, 0.15) is 47.7 Å². The summed E-state index contributed by atoms with van der Waals surface area (Å²) in [6.45, 7) is 4.36. The van der Waals surface area contributed by atoms with Gasteiger partial charge in [0.2, 0.25) is 0 Å². The first-order valence-electron chi connectivity index (χ1n) is 7.34. The van der Waals surface area contributed by atoms with Crippen LogP contribution < -0.4 is 11.1 Å². The van der Waals surface area contributed by atoms with E-state index in [1.807, 2.05) is 6.07 Å². The second kappa shape index (κ2) is 5.29. The number of fused-ring (bicyclic) bond motifs is 1. The Balaban J connectivity index is 1.75. The Labute approximate surface area is 121 Å². The molecule has 2 heteroatoms. The lowest BCUT2D eigenvalue weighted by molar-refractivity contribution is 0.465. The average Bonchev–Trinajstić information content (AvgIpc) is 2.81. The Kier molecular flexibility index (Phi) is 3.49. The number of nitrogens with one attached hydrogen (secondary N) is 1. The standard InChI is InChI=1S/C18H22N2/c1-12-3-5-14(6-4-12)13(2)20-18-10-7-15-11-16(19)8-9-17(15)18/h3-6,8-9,11,13,18,20H,7,10,19H2,1-2H3/t13-,18?/m1/s1. The van der Waals surface area contributed by atoms with Crippen molar-refractivity contribution in [3.63, 3.8) is 0 Å². The van der Waals surface area contributed by atoms with Gasteiger partial charge in [0.1, 0.15) is 0 Å². The lowest BCUT2D eigenvalue weighted by Crippen LogP contribution is -2.23. The van der Waals surface area contributed by atoms with Gasteiger partial charge in [0.15, 0.2) is 0 Å². The van der Waals surface area contributed by atoms with E-state index in [-0.39, 0.29) is 0 Å². The first kappa shape index (κ1) is 13.2. The molecule has 1 aliphatic rings. The van der Waals surface area contributed by atoms with Crippen LogP contribution in [0.5, 0.6) is 0 Å². The topological polar surface area (TPSA) is 38.0 Å². The van der Waals surface area contributed by atoms with Crippen molar-refractivity contribution in [2.75, 3.05) is 5.73 Å². The fourth-order valence-electron chi connectivity index (χ4n) is 3.06. The van der Waals surface area contributed by atoms with Gasteiger partial charge in [0, 0.05) is 17.8 Å². The van der Waals surface area contributed by atoms with Gasteiger partial charge in [-0.05, 0) is 55.5 Å². The summed E-state index contributed by atoms with van der Waals surface area (Å²) in [6.07, 6.45) is 2.29. The van der Waals surface area contributed by atoms with Gasteiger partial charge in [-0.25, -0.2) is 0 Å². The summed E-state index contributed by atoms with van der Waals surface area (Å²) in [7, 11) is 0. The lowest BCUT2D eigenvalue weighted by Gasteiger charge is -2.21. The highest BCUT2D eigenvalue weighted by molar-refractivity contribution is 5.47. The van der Waals surface area contributed by atoms with E-state index in [0.29, 0.717) is 12.1 Å². The zero-order valence-corrected chi connectivity index (χ0v) is 12.2. The van der Waals surface area contributed by atoms with Gasteiger partial charge in [-0.1, -0.05) is 35.9 Å². The highest BCUT2D eigenvalue weighted by Crippen LogP contribution is 2.34. The van der Waals surface area contributed by atoms with Crippen molar-refractivity contribution in [3.8, 4) is 0 Å². The quantitative estimate of drug-likeness (QED) is 0.826. The van der Waals surface area contributed by atoms with E-state index in [4.69, 9.17) is 5.73 Å². The zero-order valence-electron chi connectivity index (χ0n) is 12.2. The van der Waals surface area contributed by atoms with Crippen LogP contribution in [0.25, 0.3) is 0 Å². The van der Waals surface area contributed by atoms with Gasteiger partial charge in [-0.15, -0.1) is 0 Å². The van der Waals surface area contributed by atoms with Crippen LogP contribution >= 0.6 is 0 Å². The molecule has 0 spiro atoms. The first-order valence-corrected chi connectivity index (χ1v) is 7.34. The predicted octanol–water partition coefficient (Wildman–Crippen LogP) is 3.92. The van der Waals surface area contributed by atoms with Crippen molar-refractivity contribution in [2.24, 2.45) is 0 Å². The van der Waals surface area contributed by atoms with Gasteiger partial charge in [0.25, 0.3) is 0 Å². The van der Waals surface area contributed by atoms with E-state index in [1.54, 1.807) is 0 Å². The molecule has 0 aromatic heterocycles. The number of rotatable bonds is 3. The molecule has 0 saturated heterocycles. The summed E-state index contributed by atoms with van der Waals surface area (Å²) in [4.78, 5) is 0. The normalized spacial score (nSPS) is 18.8. The molecule has 0 saturated carbocycles. The number of hydrogen-bond acceptors (Lipinski definition) is 2. The van der Waals surface area contributed by atoms with E-state index in [0.717, 1.165) is 18.5 Å². The summed E-state index contributed by atoms with van der Waals surface area (Å²) in [5.41, 5.74) is 12.2. The first-order chi connectivity index (χ1) is 9.63. The van der Waals surface area contributed by atoms with Crippen molar-refractivity contribution in [2.45, 2.75) is 38.8 Å². The van der Waals surface area contributed by atoms with Crippen LogP contribution in [0, 0.1) is 6.92 Å². The maximum absolute atomic E-state index is 5.86.